The van der Waals surface area contributed by atoms with Gasteiger partial charge in [0.1, 0.15) is 0 Å². The summed E-state index contributed by atoms with van der Waals surface area (Å²) in [5.41, 5.74) is 2.83. The molecule has 0 aromatic carbocycles. The van der Waals surface area contributed by atoms with Crippen LogP contribution in [0.25, 0.3) is 0 Å². The number of thiazole rings is 1. The molecule has 0 bridgehead atoms. The molecule has 1 aliphatic rings. The van der Waals surface area contributed by atoms with Crippen LogP contribution in [-0.4, -0.2) is 23.5 Å². The van der Waals surface area contributed by atoms with Gasteiger partial charge in [-0.2, -0.15) is 0 Å². The second kappa shape index (κ2) is 4.93. The number of nitrogens with one attached hydrogen (secondary N) is 2. The van der Waals surface area contributed by atoms with E-state index in [4.69, 9.17) is 0 Å². The fraction of sp³-hybridized carbons (Fsp3) is 0.636. The molecule has 5 heteroatoms. The predicted octanol–water partition coefficient (Wildman–Crippen LogP) is 1.07. The molecule has 2 heterocycles. The van der Waals surface area contributed by atoms with Crippen molar-refractivity contribution in [2.75, 3.05) is 6.54 Å². The molecule has 0 spiro atoms. The number of hydrogen-bond donors (Lipinski definition) is 2. The summed E-state index contributed by atoms with van der Waals surface area (Å²) in [5, 5.41) is 6.27. The van der Waals surface area contributed by atoms with Gasteiger partial charge < -0.3 is 10.6 Å². The molecule has 88 valence electrons. The van der Waals surface area contributed by atoms with E-state index in [0.717, 1.165) is 23.5 Å². The normalized spacial score (nSPS) is 24.6. The van der Waals surface area contributed by atoms with Crippen LogP contribution in [0.4, 0.5) is 0 Å². The average Bonchev–Trinajstić information content (AvgIpc) is 2.84. The molecule has 2 atom stereocenters. The number of rotatable bonds is 3. The van der Waals surface area contributed by atoms with Gasteiger partial charge in [-0.1, -0.05) is 0 Å². The summed E-state index contributed by atoms with van der Waals surface area (Å²) in [5.74, 6) is 0.276. The lowest BCUT2D eigenvalue weighted by atomic mass is 10.0. The molecule has 0 radical (unpaired) electrons. The van der Waals surface area contributed by atoms with Crippen LogP contribution in [0.5, 0.6) is 0 Å². The van der Waals surface area contributed by atoms with E-state index in [9.17, 15) is 4.79 Å². The second-order valence-corrected chi connectivity index (χ2v) is 5.16. The SMILES string of the molecule is Cc1ncsc1CNC(=O)C1CCNC1C. The number of carbonyl (C=O) groups is 1. The maximum Gasteiger partial charge on any atom is 0.225 e. The zero-order chi connectivity index (χ0) is 11.5. The minimum atomic E-state index is 0.119. The third-order valence-electron chi connectivity index (χ3n) is 3.13. The number of carbonyl (C=O) groups excluding carboxylic acids is 1. The fourth-order valence-corrected chi connectivity index (χ4v) is 2.73. The average molecular weight is 239 g/mol. The number of hydrogen-bond acceptors (Lipinski definition) is 4. The molecule has 2 rings (SSSR count). The Hall–Kier alpha value is -0.940. The van der Waals surface area contributed by atoms with Gasteiger partial charge in [-0.15, -0.1) is 11.3 Å². The lowest BCUT2D eigenvalue weighted by Gasteiger charge is -2.14. The van der Waals surface area contributed by atoms with Crippen molar-refractivity contribution in [1.29, 1.82) is 0 Å². The predicted molar refractivity (Wildman–Crippen MR) is 64.3 cm³/mol. The van der Waals surface area contributed by atoms with Gasteiger partial charge in [-0.05, 0) is 26.8 Å². The minimum Gasteiger partial charge on any atom is -0.351 e. The van der Waals surface area contributed by atoms with E-state index < -0.39 is 0 Å². The lowest BCUT2D eigenvalue weighted by Crippen LogP contribution is -2.36. The van der Waals surface area contributed by atoms with Crippen molar-refractivity contribution < 1.29 is 4.79 Å². The van der Waals surface area contributed by atoms with E-state index in [-0.39, 0.29) is 11.8 Å². The molecule has 1 amide bonds. The zero-order valence-corrected chi connectivity index (χ0v) is 10.4. The standard InChI is InChI=1S/C11H17N3OS/c1-7-9(3-4-12-7)11(15)13-5-10-8(2)14-6-16-10/h6-7,9,12H,3-5H2,1-2H3,(H,13,15). The van der Waals surface area contributed by atoms with Gasteiger partial charge in [-0.3, -0.25) is 4.79 Å². The van der Waals surface area contributed by atoms with Gasteiger partial charge in [0, 0.05) is 10.9 Å². The smallest absolute Gasteiger partial charge is 0.225 e. The highest BCUT2D eigenvalue weighted by Crippen LogP contribution is 2.16. The van der Waals surface area contributed by atoms with Crippen LogP contribution in [0.1, 0.15) is 23.9 Å². The van der Waals surface area contributed by atoms with E-state index in [1.165, 1.54) is 0 Å². The van der Waals surface area contributed by atoms with Crippen LogP contribution < -0.4 is 10.6 Å². The van der Waals surface area contributed by atoms with Crippen molar-refractivity contribution in [3.05, 3.63) is 16.1 Å². The van der Waals surface area contributed by atoms with Gasteiger partial charge in [0.2, 0.25) is 5.91 Å². The molecule has 0 saturated carbocycles. The first-order chi connectivity index (χ1) is 7.68. The van der Waals surface area contributed by atoms with Crippen LogP contribution in [0.15, 0.2) is 5.51 Å². The minimum absolute atomic E-state index is 0.119. The summed E-state index contributed by atoms with van der Waals surface area (Å²) in [6.45, 7) is 5.59. The maximum atomic E-state index is 11.9. The topological polar surface area (TPSA) is 54.0 Å². The molecule has 1 aromatic rings. The number of amides is 1. The van der Waals surface area contributed by atoms with Crippen LogP contribution in [0, 0.1) is 12.8 Å². The molecular weight excluding hydrogens is 222 g/mol. The van der Waals surface area contributed by atoms with Gasteiger partial charge in [0.05, 0.1) is 23.7 Å². The van der Waals surface area contributed by atoms with Crippen molar-refractivity contribution in [3.63, 3.8) is 0 Å². The summed E-state index contributed by atoms with van der Waals surface area (Å²) in [6.07, 6.45) is 0.939. The van der Waals surface area contributed by atoms with Crippen LogP contribution in [-0.2, 0) is 11.3 Å². The summed E-state index contributed by atoms with van der Waals surface area (Å²) in [6, 6.07) is 0.294. The van der Waals surface area contributed by atoms with E-state index in [2.05, 4.69) is 22.5 Å². The molecular formula is C11H17N3OS. The van der Waals surface area contributed by atoms with Crippen LogP contribution in [0.3, 0.4) is 0 Å². The van der Waals surface area contributed by atoms with Gasteiger partial charge >= 0.3 is 0 Å². The molecule has 16 heavy (non-hydrogen) atoms. The lowest BCUT2D eigenvalue weighted by molar-refractivity contribution is -0.125. The maximum absolute atomic E-state index is 11.9. The summed E-state index contributed by atoms with van der Waals surface area (Å²) in [4.78, 5) is 17.2. The molecule has 4 nitrogen and oxygen atoms in total. The Morgan fingerprint density at radius 2 is 2.56 bits per heavy atom. The third kappa shape index (κ3) is 2.41. The Kier molecular flexibility index (Phi) is 3.56. The van der Waals surface area contributed by atoms with Crippen LogP contribution in [0.2, 0.25) is 0 Å². The zero-order valence-electron chi connectivity index (χ0n) is 9.62. The Bertz CT molecular complexity index is 377. The largest absolute Gasteiger partial charge is 0.351 e. The molecule has 2 N–H and O–H groups in total. The van der Waals surface area contributed by atoms with Crippen molar-refractivity contribution in [2.45, 2.75) is 32.9 Å². The number of nitrogens with zero attached hydrogens (tertiary/aromatic N) is 1. The quantitative estimate of drug-likeness (QED) is 0.829. The second-order valence-electron chi connectivity index (χ2n) is 4.22. The van der Waals surface area contributed by atoms with E-state index in [0.29, 0.717) is 12.6 Å². The summed E-state index contributed by atoms with van der Waals surface area (Å²) in [7, 11) is 0. The van der Waals surface area contributed by atoms with Crippen molar-refractivity contribution >= 4 is 17.2 Å². The Morgan fingerprint density at radius 1 is 1.75 bits per heavy atom. The van der Waals surface area contributed by atoms with Crippen molar-refractivity contribution in [3.8, 4) is 0 Å². The molecule has 1 aliphatic heterocycles. The molecule has 0 aliphatic carbocycles. The van der Waals surface area contributed by atoms with Gasteiger partial charge in [0.25, 0.3) is 0 Å². The first-order valence-electron chi connectivity index (χ1n) is 5.58. The highest BCUT2D eigenvalue weighted by atomic mass is 32.1. The van der Waals surface area contributed by atoms with E-state index in [1.807, 2.05) is 12.4 Å². The summed E-state index contributed by atoms with van der Waals surface area (Å²) < 4.78 is 0. The number of aromatic nitrogens is 1. The Labute approximate surface area is 99.5 Å². The monoisotopic (exact) mass is 239 g/mol. The Morgan fingerprint density at radius 3 is 3.12 bits per heavy atom. The van der Waals surface area contributed by atoms with Crippen molar-refractivity contribution in [1.82, 2.24) is 15.6 Å². The fourth-order valence-electron chi connectivity index (χ4n) is 2.01. The van der Waals surface area contributed by atoms with Gasteiger partial charge in [0.15, 0.2) is 0 Å². The molecule has 1 aromatic heterocycles. The molecule has 2 unspecified atom stereocenters. The summed E-state index contributed by atoms with van der Waals surface area (Å²) >= 11 is 1.59. The first-order valence-corrected chi connectivity index (χ1v) is 6.46. The van der Waals surface area contributed by atoms with E-state index in [1.54, 1.807) is 11.3 Å². The number of aryl methyl sites for hydroxylation is 1. The Balaban J connectivity index is 1.86. The highest BCUT2D eigenvalue weighted by Gasteiger charge is 2.29. The third-order valence-corrected chi connectivity index (χ3v) is 4.07. The first kappa shape index (κ1) is 11.5. The van der Waals surface area contributed by atoms with Crippen molar-refractivity contribution in [2.24, 2.45) is 5.92 Å². The molecule has 1 fully saturated rings. The van der Waals surface area contributed by atoms with Crippen LogP contribution >= 0.6 is 11.3 Å². The molecule has 1 saturated heterocycles. The van der Waals surface area contributed by atoms with E-state index >= 15 is 0 Å². The highest BCUT2D eigenvalue weighted by molar-refractivity contribution is 7.09. The van der Waals surface area contributed by atoms with Gasteiger partial charge in [-0.25, -0.2) is 4.98 Å².